The van der Waals surface area contributed by atoms with Gasteiger partial charge >= 0.3 is 6.09 Å². The summed E-state index contributed by atoms with van der Waals surface area (Å²) in [5, 5.41) is 0. The minimum atomic E-state index is -3.50. The molecule has 0 unspecified atom stereocenters. The molecule has 2 aliphatic rings. The van der Waals surface area contributed by atoms with Crippen LogP contribution in [-0.4, -0.2) is 67.2 Å². The van der Waals surface area contributed by atoms with Gasteiger partial charge in [0.05, 0.1) is 4.90 Å². The number of hydrogen-bond donors (Lipinski definition) is 0. The van der Waals surface area contributed by atoms with Gasteiger partial charge in [-0.25, -0.2) is 17.6 Å². The minimum absolute atomic E-state index is 0.0457. The molecule has 0 radical (unpaired) electrons. The molecule has 0 N–H and O–H groups in total. The second-order valence-electron chi connectivity index (χ2n) is 10.6. The second kappa shape index (κ2) is 9.84. The quantitative estimate of drug-likeness (QED) is 0.564. The van der Waals surface area contributed by atoms with E-state index in [0.717, 1.165) is 25.2 Å². The third-order valence-electron chi connectivity index (χ3n) is 6.50. The molecule has 2 aromatic rings. The predicted molar refractivity (Wildman–Crippen MR) is 135 cm³/mol. The largest absolute Gasteiger partial charge is 0.444 e. The standard InChI is InChI=1S/C27H33FN2O5S/c1-27(2,3)35-26(32)29-15-13-21(14-16-29)30(20-9-10-20)25(31)19-7-5-18(6-8-19)23-12-11-22(17-24(23)28)36(4,33)34/h5-8,11-12,17,20-21H,9-10,13-16H2,1-4H3. The molecule has 2 fully saturated rings. The zero-order valence-corrected chi connectivity index (χ0v) is 22.0. The van der Waals surface area contributed by atoms with Crippen molar-refractivity contribution in [1.82, 2.24) is 9.80 Å². The summed E-state index contributed by atoms with van der Waals surface area (Å²) in [6.07, 6.45) is 4.03. The Kier molecular flexibility index (Phi) is 7.14. The fourth-order valence-electron chi connectivity index (χ4n) is 4.54. The van der Waals surface area contributed by atoms with E-state index in [1.54, 1.807) is 29.2 Å². The summed E-state index contributed by atoms with van der Waals surface area (Å²) in [5.74, 6) is -0.694. The highest BCUT2D eigenvalue weighted by atomic mass is 32.2. The van der Waals surface area contributed by atoms with Crippen molar-refractivity contribution in [3.8, 4) is 11.1 Å². The van der Waals surface area contributed by atoms with E-state index < -0.39 is 21.3 Å². The van der Waals surface area contributed by atoms with Crippen molar-refractivity contribution in [2.24, 2.45) is 0 Å². The van der Waals surface area contributed by atoms with Crippen LogP contribution in [0.5, 0.6) is 0 Å². The molecule has 1 aliphatic heterocycles. The Morgan fingerprint density at radius 2 is 1.56 bits per heavy atom. The van der Waals surface area contributed by atoms with Gasteiger partial charge in [0, 0.05) is 42.6 Å². The van der Waals surface area contributed by atoms with Gasteiger partial charge < -0.3 is 14.5 Å². The highest BCUT2D eigenvalue weighted by Gasteiger charge is 2.40. The van der Waals surface area contributed by atoms with Crippen molar-refractivity contribution >= 4 is 21.8 Å². The van der Waals surface area contributed by atoms with E-state index in [4.69, 9.17) is 4.74 Å². The molecule has 1 saturated carbocycles. The molecule has 1 aliphatic carbocycles. The van der Waals surface area contributed by atoms with E-state index in [2.05, 4.69) is 0 Å². The summed E-state index contributed by atoms with van der Waals surface area (Å²) in [6, 6.07) is 10.8. The lowest BCUT2D eigenvalue weighted by molar-refractivity contribution is 0.0142. The molecule has 9 heteroatoms. The molecule has 0 atom stereocenters. The fourth-order valence-corrected chi connectivity index (χ4v) is 5.17. The van der Waals surface area contributed by atoms with Crippen LogP contribution in [0.15, 0.2) is 47.4 Å². The number of carbonyl (C=O) groups is 2. The van der Waals surface area contributed by atoms with Crippen molar-refractivity contribution in [3.05, 3.63) is 53.8 Å². The number of amides is 2. The summed E-state index contributed by atoms with van der Waals surface area (Å²) in [7, 11) is -3.50. The molecular formula is C27H33FN2O5S. The molecular weight excluding hydrogens is 483 g/mol. The van der Waals surface area contributed by atoms with Gasteiger partial charge in [-0.3, -0.25) is 4.79 Å². The molecule has 1 heterocycles. The molecule has 0 bridgehead atoms. The zero-order chi connectivity index (χ0) is 26.3. The van der Waals surface area contributed by atoms with Gasteiger partial charge in [0.25, 0.3) is 5.91 Å². The Hall–Kier alpha value is -2.94. The molecule has 4 rings (SSSR count). The Morgan fingerprint density at radius 1 is 0.972 bits per heavy atom. The van der Waals surface area contributed by atoms with Gasteiger partial charge in [0.15, 0.2) is 9.84 Å². The molecule has 194 valence electrons. The van der Waals surface area contributed by atoms with Crippen LogP contribution in [0.3, 0.4) is 0 Å². The number of hydrogen-bond acceptors (Lipinski definition) is 5. The first-order valence-corrected chi connectivity index (χ1v) is 14.1. The maximum atomic E-state index is 14.6. The third kappa shape index (κ3) is 6.06. The number of halogens is 1. The van der Waals surface area contributed by atoms with Crippen LogP contribution >= 0.6 is 0 Å². The number of rotatable bonds is 5. The van der Waals surface area contributed by atoms with E-state index in [0.29, 0.717) is 37.1 Å². The molecule has 2 aromatic carbocycles. The Bertz CT molecular complexity index is 1240. The van der Waals surface area contributed by atoms with E-state index in [1.807, 2.05) is 25.7 Å². The summed E-state index contributed by atoms with van der Waals surface area (Å²) < 4.78 is 43.4. The molecule has 1 saturated heterocycles. The van der Waals surface area contributed by atoms with Crippen LogP contribution < -0.4 is 0 Å². The maximum absolute atomic E-state index is 14.6. The number of carbonyl (C=O) groups excluding carboxylic acids is 2. The van der Waals surface area contributed by atoms with Crippen LogP contribution in [0.25, 0.3) is 11.1 Å². The van der Waals surface area contributed by atoms with E-state index in [1.165, 1.54) is 12.1 Å². The Balaban J connectivity index is 1.45. The normalized spacial score (nSPS) is 17.1. The van der Waals surface area contributed by atoms with E-state index >= 15 is 0 Å². The van der Waals surface area contributed by atoms with Crippen molar-refractivity contribution < 1.29 is 27.1 Å². The molecule has 36 heavy (non-hydrogen) atoms. The van der Waals surface area contributed by atoms with Crippen LogP contribution in [0.1, 0.15) is 56.8 Å². The highest BCUT2D eigenvalue weighted by molar-refractivity contribution is 7.90. The van der Waals surface area contributed by atoms with Crippen LogP contribution in [0.4, 0.5) is 9.18 Å². The average molecular weight is 517 g/mol. The average Bonchev–Trinajstić information content (AvgIpc) is 3.63. The number of sulfone groups is 1. The molecule has 0 spiro atoms. The highest BCUT2D eigenvalue weighted by Crippen LogP contribution is 2.34. The van der Waals surface area contributed by atoms with Crippen LogP contribution in [0, 0.1) is 5.82 Å². The maximum Gasteiger partial charge on any atom is 0.410 e. The Labute approximate surface area is 212 Å². The monoisotopic (exact) mass is 516 g/mol. The molecule has 2 amide bonds. The SMILES string of the molecule is CC(C)(C)OC(=O)N1CCC(N(C(=O)c2ccc(-c3ccc(S(C)(=O)=O)cc3F)cc2)C2CC2)CC1. The number of ether oxygens (including phenoxy) is 1. The summed E-state index contributed by atoms with van der Waals surface area (Å²) >= 11 is 0. The number of piperidine rings is 1. The van der Waals surface area contributed by atoms with E-state index in [-0.39, 0.29) is 34.5 Å². The first-order valence-electron chi connectivity index (χ1n) is 12.2. The van der Waals surface area contributed by atoms with Crippen molar-refractivity contribution in [2.45, 2.75) is 69.0 Å². The lowest BCUT2D eigenvalue weighted by atomic mass is 10.00. The van der Waals surface area contributed by atoms with Gasteiger partial charge in [0.2, 0.25) is 0 Å². The first-order chi connectivity index (χ1) is 16.8. The van der Waals surface area contributed by atoms with Crippen molar-refractivity contribution in [1.29, 1.82) is 0 Å². The van der Waals surface area contributed by atoms with Gasteiger partial charge in [-0.1, -0.05) is 18.2 Å². The van der Waals surface area contributed by atoms with Gasteiger partial charge in [-0.15, -0.1) is 0 Å². The molecule has 0 aromatic heterocycles. The fraction of sp³-hybridized carbons (Fsp3) is 0.481. The first kappa shape index (κ1) is 26.1. The summed E-state index contributed by atoms with van der Waals surface area (Å²) in [6.45, 7) is 6.61. The number of nitrogens with zero attached hydrogens (tertiary/aromatic N) is 2. The van der Waals surface area contributed by atoms with E-state index in [9.17, 15) is 22.4 Å². The van der Waals surface area contributed by atoms with Gasteiger partial charge in [0.1, 0.15) is 11.4 Å². The summed E-state index contributed by atoms with van der Waals surface area (Å²) in [5.41, 5.74) is 0.811. The summed E-state index contributed by atoms with van der Waals surface area (Å²) in [4.78, 5) is 29.5. The zero-order valence-electron chi connectivity index (χ0n) is 21.2. The topological polar surface area (TPSA) is 84.0 Å². The number of benzene rings is 2. The predicted octanol–water partition coefficient (Wildman–Crippen LogP) is 4.90. The third-order valence-corrected chi connectivity index (χ3v) is 7.61. The second-order valence-corrected chi connectivity index (χ2v) is 12.6. The van der Waals surface area contributed by atoms with Gasteiger partial charge in [-0.2, -0.15) is 0 Å². The minimum Gasteiger partial charge on any atom is -0.444 e. The molecule has 7 nitrogen and oxygen atoms in total. The smallest absolute Gasteiger partial charge is 0.410 e. The van der Waals surface area contributed by atoms with Crippen LogP contribution in [-0.2, 0) is 14.6 Å². The van der Waals surface area contributed by atoms with Crippen LogP contribution in [0.2, 0.25) is 0 Å². The van der Waals surface area contributed by atoms with Crippen molar-refractivity contribution in [3.63, 3.8) is 0 Å². The lowest BCUT2D eigenvalue weighted by Crippen LogP contribution is -2.50. The lowest BCUT2D eigenvalue weighted by Gasteiger charge is -2.39. The number of likely N-dealkylation sites (tertiary alicyclic amines) is 1. The van der Waals surface area contributed by atoms with Gasteiger partial charge in [-0.05, 0) is 76.3 Å². The Morgan fingerprint density at radius 3 is 2.06 bits per heavy atom. The van der Waals surface area contributed by atoms with Crippen molar-refractivity contribution in [2.75, 3.05) is 19.3 Å².